The van der Waals surface area contributed by atoms with Crippen LogP contribution in [0.5, 0.6) is 0 Å². The van der Waals surface area contributed by atoms with Gasteiger partial charge in [-0.3, -0.25) is 0 Å². The first-order valence-electron chi connectivity index (χ1n) is 7.04. The topological polar surface area (TPSA) is 21.3 Å². The summed E-state index contributed by atoms with van der Waals surface area (Å²) >= 11 is 2.14. The Balaban J connectivity index is 1.85. The largest absolute Gasteiger partial charge is 0.377 e. The molecule has 0 amide bonds. The second-order valence-corrected chi connectivity index (χ2v) is 7.43. The summed E-state index contributed by atoms with van der Waals surface area (Å²) in [5.41, 5.74) is 0.446. The Hall–Kier alpha value is 0.270. The Morgan fingerprint density at radius 2 is 2.12 bits per heavy atom. The Morgan fingerprint density at radius 3 is 2.76 bits per heavy atom. The molecule has 2 aliphatic rings. The van der Waals surface area contributed by atoms with Gasteiger partial charge < -0.3 is 10.1 Å². The minimum absolute atomic E-state index is 0.446. The average Bonchev–Trinajstić information content (AvgIpc) is 2.78. The number of hydrogen-bond donors (Lipinski definition) is 1. The molecular weight excluding hydrogens is 230 g/mol. The highest BCUT2D eigenvalue weighted by Gasteiger charge is 2.38. The van der Waals surface area contributed by atoms with E-state index in [1.165, 1.54) is 37.9 Å². The first-order chi connectivity index (χ1) is 8.13. The van der Waals surface area contributed by atoms with Crippen molar-refractivity contribution in [1.29, 1.82) is 0 Å². The summed E-state index contributed by atoms with van der Waals surface area (Å²) in [4.78, 5) is 0. The maximum atomic E-state index is 5.72. The van der Waals surface area contributed by atoms with E-state index in [4.69, 9.17) is 4.74 Å². The van der Waals surface area contributed by atoms with Crippen molar-refractivity contribution in [2.24, 2.45) is 5.41 Å². The Labute approximate surface area is 110 Å². The quantitative estimate of drug-likeness (QED) is 0.836. The molecule has 3 atom stereocenters. The van der Waals surface area contributed by atoms with Crippen LogP contribution >= 0.6 is 11.8 Å². The summed E-state index contributed by atoms with van der Waals surface area (Å²) in [6, 6.07) is 0.655. The van der Waals surface area contributed by atoms with Gasteiger partial charge >= 0.3 is 0 Å². The number of rotatable bonds is 4. The van der Waals surface area contributed by atoms with Crippen LogP contribution in [0, 0.1) is 5.41 Å². The van der Waals surface area contributed by atoms with Crippen LogP contribution in [0.4, 0.5) is 0 Å². The highest BCUT2D eigenvalue weighted by molar-refractivity contribution is 8.00. The van der Waals surface area contributed by atoms with Crippen LogP contribution in [0.3, 0.4) is 0 Å². The summed E-state index contributed by atoms with van der Waals surface area (Å²) in [5.74, 6) is 1.19. The van der Waals surface area contributed by atoms with Gasteiger partial charge in [-0.15, -0.1) is 0 Å². The lowest BCUT2D eigenvalue weighted by molar-refractivity contribution is 0.128. The van der Waals surface area contributed by atoms with Crippen molar-refractivity contribution in [3.8, 4) is 0 Å². The molecule has 3 heteroatoms. The molecule has 1 aliphatic heterocycles. The molecule has 0 aromatic carbocycles. The van der Waals surface area contributed by atoms with Gasteiger partial charge in [0.05, 0.1) is 6.10 Å². The van der Waals surface area contributed by atoms with E-state index in [0.717, 1.165) is 11.9 Å². The SMILES string of the molecule is CNC1C(SCC2CCCO2)CCCC1(C)C. The van der Waals surface area contributed by atoms with Crippen LogP contribution in [-0.4, -0.2) is 36.8 Å². The van der Waals surface area contributed by atoms with Gasteiger partial charge in [-0.2, -0.15) is 11.8 Å². The van der Waals surface area contributed by atoms with Gasteiger partial charge in [0, 0.05) is 23.7 Å². The van der Waals surface area contributed by atoms with Crippen LogP contribution in [0.1, 0.15) is 46.0 Å². The van der Waals surface area contributed by atoms with E-state index < -0.39 is 0 Å². The third kappa shape index (κ3) is 3.39. The first kappa shape index (κ1) is 13.7. The Morgan fingerprint density at radius 1 is 1.29 bits per heavy atom. The molecule has 0 aromatic heterocycles. The smallest absolute Gasteiger partial charge is 0.0666 e. The van der Waals surface area contributed by atoms with E-state index >= 15 is 0 Å². The van der Waals surface area contributed by atoms with Crippen molar-refractivity contribution in [3.63, 3.8) is 0 Å². The minimum Gasteiger partial charge on any atom is -0.377 e. The highest BCUT2D eigenvalue weighted by atomic mass is 32.2. The van der Waals surface area contributed by atoms with Gasteiger partial charge in [-0.1, -0.05) is 20.3 Å². The molecule has 1 aliphatic carbocycles. The van der Waals surface area contributed by atoms with E-state index in [9.17, 15) is 0 Å². The fraction of sp³-hybridized carbons (Fsp3) is 1.00. The van der Waals surface area contributed by atoms with E-state index in [1.807, 2.05) is 0 Å². The van der Waals surface area contributed by atoms with E-state index in [2.05, 4.69) is 38.0 Å². The van der Waals surface area contributed by atoms with Crippen molar-refractivity contribution in [1.82, 2.24) is 5.32 Å². The maximum Gasteiger partial charge on any atom is 0.0666 e. The predicted octanol–water partition coefficient (Wildman–Crippen LogP) is 3.07. The second-order valence-electron chi connectivity index (χ2n) is 6.15. The van der Waals surface area contributed by atoms with Gasteiger partial charge in [0.1, 0.15) is 0 Å². The van der Waals surface area contributed by atoms with Gasteiger partial charge in [0.2, 0.25) is 0 Å². The molecule has 3 unspecified atom stereocenters. The lowest BCUT2D eigenvalue weighted by Gasteiger charge is -2.44. The monoisotopic (exact) mass is 257 g/mol. The van der Waals surface area contributed by atoms with Crippen LogP contribution < -0.4 is 5.32 Å². The molecule has 0 radical (unpaired) electrons. The predicted molar refractivity (Wildman–Crippen MR) is 75.7 cm³/mol. The molecule has 100 valence electrons. The third-order valence-corrected chi connectivity index (χ3v) is 5.85. The van der Waals surface area contributed by atoms with E-state index in [0.29, 0.717) is 17.6 Å². The Bertz CT molecular complexity index is 238. The zero-order valence-electron chi connectivity index (χ0n) is 11.5. The molecule has 17 heavy (non-hydrogen) atoms. The number of nitrogens with one attached hydrogen (secondary N) is 1. The molecule has 1 heterocycles. The number of thioether (sulfide) groups is 1. The number of ether oxygens (including phenoxy) is 1. The van der Waals surface area contributed by atoms with Gasteiger partial charge in [0.25, 0.3) is 0 Å². The maximum absolute atomic E-state index is 5.72. The zero-order valence-corrected chi connectivity index (χ0v) is 12.3. The molecule has 0 aromatic rings. The second kappa shape index (κ2) is 5.94. The minimum atomic E-state index is 0.446. The normalized spacial score (nSPS) is 37.2. The van der Waals surface area contributed by atoms with Gasteiger partial charge in [-0.05, 0) is 38.1 Å². The molecule has 2 nitrogen and oxygen atoms in total. The molecule has 1 saturated carbocycles. The summed E-state index contributed by atoms with van der Waals surface area (Å²) in [6.07, 6.45) is 7.17. The van der Waals surface area contributed by atoms with Crippen LogP contribution in [0.25, 0.3) is 0 Å². The van der Waals surface area contributed by atoms with Crippen LogP contribution in [0.2, 0.25) is 0 Å². The van der Waals surface area contributed by atoms with Gasteiger partial charge in [0.15, 0.2) is 0 Å². The summed E-state index contributed by atoms with van der Waals surface area (Å²) < 4.78 is 5.72. The fourth-order valence-corrected chi connectivity index (χ4v) is 5.10. The molecule has 0 bridgehead atoms. The number of hydrogen-bond acceptors (Lipinski definition) is 3. The molecular formula is C14H27NOS. The Kier molecular flexibility index (Phi) is 4.79. The molecule has 0 spiro atoms. The van der Waals surface area contributed by atoms with Crippen molar-refractivity contribution in [3.05, 3.63) is 0 Å². The lowest BCUT2D eigenvalue weighted by Crippen LogP contribution is -2.50. The first-order valence-corrected chi connectivity index (χ1v) is 8.09. The molecule has 1 N–H and O–H groups in total. The third-order valence-electron chi connectivity index (χ3n) is 4.35. The van der Waals surface area contributed by atoms with E-state index in [1.54, 1.807) is 0 Å². The van der Waals surface area contributed by atoms with Crippen molar-refractivity contribution >= 4 is 11.8 Å². The van der Waals surface area contributed by atoms with Crippen molar-refractivity contribution in [2.75, 3.05) is 19.4 Å². The van der Waals surface area contributed by atoms with Crippen LogP contribution in [-0.2, 0) is 4.74 Å². The standard InChI is InChI=1S/C14H27NOS/c1-14(2)8-4-7-12(13(14)15-3)17-10-11-6-5-9-16-11/h11-13,15H,4-10H2,1-3H3. The van der Waals surface area contributed by atoms with Gasteiger partial charge in [-0.25, -0.2) is 0 Å². The molecule has 1 saturated heterocycles. The van der Waals surface area contributed by atoms with E-state index in [-0.39, 0.29) is 0 Å². The van der Waals surface area contributed by atoms with Crippen molar-refractivity contribution < 1.29 is 4.74 Å². The lowest BCUT2D eigenvalue weighted by atomic mass is 9.73. The van der Waals surface area contributed by atoms with Crippen LogP contribution in [0.15, 0.2) is 0 Å². The summed E-state index contributed by atoms with van der Waals surface area (Å²) in [7, 11) is 2.12. The summed E-state index contributed by atoms with van der Waals surface area (Å²) in [5, 5.41) is 4.33. The summed E-state index contributed by atoms with van der Waals surface area (Å²) in [6.45, 7) is 5.80. The molecule has 2 fully saturated rings. The average molecular weight is 257 g/mol. The molecule has 2 rings (SSSR count). The van der Waals surface area contributed by atoms with Crippen molar-refractivity contribution in [2.45, 2.75) is 63.3 Å². The highest BCUT2D eigenvalue weighted by Crippen LogP contribution is 2.41. The fourth-order valence-electron chi connectivity index (χ4n) is 3.35. The zero-order chi connectivity index (χ0) is 12.3.